The van der Waals surface area contributed by atoms with Gasteiger partial charge in [-0.1, -0.05) is 42.5 Å². The van der Waals surface area contributed by atoms with Crippen LogP contribution in [0.4, 0.5) is 17.5 Å². The number of pyridine rings is 1. The lowest BCUT2D eigenvalue weighted by molar-refractivity contribution is 0.416. The Kier molecular flexibility index (Phi) is 5.85. The minimum Gasteiger partial charge on any atom is -0.495 e. The standard InChI is InChI=1S/C24H23N5O/c1-17-11-12-22(30-2)21(14-17)27-23-15-20(18-8-4-3-5-9-18)28-24(29-23)26-16-19-10-6-7-13-25-19/h3-15H,16H2,1-2H3,(H2,26,27,28,29). The Labute approximate surface area is 176 Å². The van der Waals surface area contributed by atoms with Crippen molar-refractivity contribution in [1.82, 2.24) is 15.0 Å². The van der Waals surface area contributed by atoms with Gasteiger partial charge in [-0.3, -0.25) is 4.98 Å². The van der Waals surface area contributed by atoms with Crippen LogP contribution in [0.5, 0.6) is 5.75 Å². The third-order valence-electron chi connectivity index (χ3n) is 4.57. The smallest absolute Gasteiger partial charge is 0.225 e. The zero-order valence-corrected chi connectivity index (χ0v) is 17.0. The fraction of sp³-hybridized carbons (Fsp3) is 0.125. The summed E-state index contributed by atoms with van der Waals surface area (Å²) >= 11 is 0. The number of aryl methyl sites for hydroxylation is 1. The summed E-state index contributed by atoms with van der Waals surface area (Å²) in [6, 6.07) is 23.8. The number of rotatable bonds is 7. The molecule has 0 spiro atoms. The molecule has 2 heterocycles. The minimum atomic E-state index is 0.524. The van der Waals surface area contributed by atoms with E-state index in [4.69, 9.17) is 9.72 Å². The highest BCUT2D eigenvalue weighted by Gasteiger charge is 2.10. The van der Waals surface area contributed by atoms with E-state index in [0.717, 1.165) is 34.0 Å². The van der Waals surface area contributed by atoms with Crippen LogP contribution < -0.4 is 15.4 Å². The fourth-order valence-corrected chi connectivity index (χ4v) is 3.08. The van der Waals surface area contributed by atoms with Gasteiger partial charge in [-0.05, 0) is 36.8 Å². The van der Waals surface area contributed by atoms with Crippen LogP contribution in [0.3, 0.4) is 0 Å². The third kappa shape index (κ3) is 4.72. The molecule has 0 saturated heterocycles. The SMILES string of the molecule is COc1ccc(C)cc1Nc1cc(-c2ccccc2)nc(NCc2ccccn2)n1. The zero-order chi connectivity index (χ0) is 20.8. The van der Waals surface area contributed by atoms with Gasteiger partial charge < -0.3 is 15.4 Å². The molecule has 0 aliphatic heterocycles. The number of anilines is 3. The first-order valence-electron chi connectivity index (χ1n) is 9.71. The number of nitrogens with one attached hydrogen (secondary N) is 2. The molecule has 4 aromatic rings. The Hall–Kier alpha value is -3.93. The molecule has 0 amide bonds. The summed E-state index contributed by atoms with van der Waals surface area (Å²) in [7, 11) is 1.66. The molecule has 2 aromatic heterocycles. The highest BCUT2D eigenvalue weighted by atomic mass is 16.5. The van der Waals surface area contributed by atoms with Crippen molar-refractivity contribution in [2.45, 2.75) is 13.5 Å². The average molecular weight is 397 g/mol. The Bertz CT molecular complexity index is 1120. The Morgan fingerprint density at radius 1 is 0.900 bits per heavy atom. The predicted molar refractivity (Wildman–Crippen MR) is 120 cm³/mol. The molecule has 2 N–H and O–H groups in total. The van der Waals surface area contributed by atoms with E-state index in [2.05, 4.69) is 20.6 Å². The van der Waals surface area contributed by atoms with Crippen LogP contribution in [0.2, 0.25) is 0 Å². The van der Waals surface area contributed by atoms with Gasteiger partial charge in [-0.2, -0.15) is 4.98 Å². The maximum atomic E-state index is 5.49. The lowest BCUT2D eigenvalue weighted by Gasteiger charge is -2.14. The van der Waals surface area contributed by atoms with E-state index in [9.17, 15) is 0 Å². The second kappa shape index (κ2) is 9.05. The maximum absolute atomic E-state index is 5.49. The van der Waals surface area contributed by atoms with Gasteiger partial charge in [-0.15, -0.1) is 0 Å². The molecule has 6 nitrogen and oxygen atoms in total. The topological polar surface area (TPSA) is 72.0 Å². The van der Waals surface area contributed by atoms with Gasteiger partial charge in [0.25, 0.3) is 0 Å². The van der Waals surface area contributed by atoms with E-state index in [0.29, 0.717) is 18.3 Å². The molecule has 0 fully saturated rings. The number of nitrogens with zero attached hydrogens (tertiary/aromatic N) is 3. The fourth-order valence-electron chi connectivity index (χ4n) is 3.08. The molecule has 30 heavy (non-hydrogen) atoms. The van der Waals surface area contributed by atoms with Crippen molar-refractivity contribution in [3.8, 4) is 17.0 Å². The van der Waals surface area contributed by atoms with E-state index in [-0.39, 0.29) is 0 Å². The second-order valence-corrected chi connectivity index (χ2v) is 6.83. The first-order valence-corrected chi connectivity index (χ1v) is 9.71. The Morgan fingerprint density at radius 3 is 2.50 bits per heavy atom. The van der Waals surface area contributed by atoms with Crippen molar-refractivity contribution < 1.29 is 4.74 Å². The van der Waals surface area contributed by atoms with E-state index < -0.39 is 0 Å². The van der Waals surface area contributed by atoms with Crippen LogP contribution in [-0.4, -0.2) is 22.1 Å². The molecule has 0 unspecified atom stereocenters. The first kappa shape index (κ1) is 19.4. The summed E-state index contributed by atoms with van der Waals surface area (Å²) in [6.07, 6.45) is 1.77. The molecule has 4 rings (SSSR count). The minimum absolute atomic E-state index is 0.524. The number of hydrogen-bond donors (Lipinski definition) is 2. The lowest BCUT2D eigenvalue weighted by atomic mass is 10.1. The van der Waals surface area contributed by atoms with Crippen LogP contribution in [0.25, 0.3) is 11.3 Å². The quantitative estimate of drug-likeness (QED) is 0.446. The lowest BCUT2D eigenvalue weighted by Crippen LogP contribution is -2.07. The van der Waals surface area contributed by atoms with Gasteiger partial charge in [0.2, 0.25) is 5.95 Å². The zero-order valence-electron chi connectivity index (χ0n) is 17.0. The van der Waals surface area contributed by atoms with Crippen LogP contribution in [0.15, 0.2) is 79.0 Å². The highest BCUT2D eigenvalue weighted by Crippen LogP contribution is 2.30. The molecule has 0 radical (unpaired) electrons. The van der Waals surface area contributed by atoms with Gasteiger partial charge >= 0.3 is 0 Å². The molecule has 0 saturated carbocycles. The Balaban J connectivity index is 1.67. The van der Waals surface area contributed by atoms with Crippen molar-refractivity contribution in [3.05, 3.63) is 90.3 Å². The molecule has 150 valence electrons. The van der Waals surface area contributed by atoms with Crippen LogP contribution in [-0.2, 0) is 6.54 Å². The van der Waals surface area contributed by atoms with Crippen LogP contribution >= 0.6 is 0 Å². The van der Waals surface area contributed by atoms with Crippen LogP contribution in [0, 0.1) is 6.92 Å². The number of hydrogen-bond acceptors (Lipinski definition) is 6. The predicted octanol–water partition coefficient (Wildman–Crippen LogP) is 5.21. The summed E-state index contributed by atoms with van der Waals surface area (Å²) in [5, 5.41) is 6.66. The summed E-state index contributed by atoms with van der Waals surface area (Å²) in [5.41, 5.74) is 4.74. The molecule has 0 aliphatic rings. The molecular formula is C24H23N5O. The highest BCUT2D eigenvalue weighted by molar-refractivity contribution is 5.70. The molecule has 2 aromatic carbocycles. The summed E-state index contributed by atoms with van der Waals surface area (Å²) < 4.78 is 5.49. The van der Waals surface area contributed by atoms with Gasteiger partial charge in [0.05, 0.1) is 30.7 Å². The van der Waals surface area contributed by atoms with E-state index in [1.165, 1.54) is 0 Å². The number of ether oxygens (including phenoxy) is 1. The van der Waals surface area contributed by atoms with E-state index in [1.54, 1.807) is 13.3 Å². The number of benzene rings is 2. The molecule has 6 heteroatoms. The monoisotopic (exact) mass is 397 g/mol. The van der Waals surface area contributed by atoms with Gasteiger partial charge in [0.1, 0.15) is 11.6 Å². The number of aromatic nitrogens is 3. The van der Waals surface area contributed by atoms with Gasteiger partial charge in [0, 0.05) is 17.8 Å². The maximum Gasteiger partial charge on any atom is 0.225 e. The summed E-state index contributed by atoms with van der Waals surface area (Å²) in [4.78, 5) is 13.7. The van der Waals surface area contributed by atoms with E-state index in [1.807, 2.05) is 79.7 Å². The van der Waals surface area contributed by atoms with Crippen molar-refractivity contribution in [3.63, 3.8) is 0 Å². The Morgan fingerprint density at radius 2 is 1.73 bits per heavy atom. The van der Waals surface area contributed by atoms with Crippen molar-refractivity contribution in [1.29, 1.82) is 0 Å². The third-order valence-corrected chi connectivity index (χ3v) is 4.57. The van der Waals surface area contributed by atoms with Gasteiger partial charge in [0.15, 0.2) is 0 Å². The second-order valence-electron chi connectivity index (χ2n) is 6.83. The van der Waals surface area contributed by atoms with E-state index >= 15 is 0 Å². The molecule has 0 bridgehead atoms. The van der Waals surface area contributed by atoms with Crippen LogP contribution in [0.1, 0.15) is 11.3 Å². The van der Waals surface area contributed by atoms with Crippen molar-refractivity contribution in [2.24, 2.45) is 0 Å². The van der Waals surface area contributed by atoms with Crippen molar-refractivity contribution in [2.75, 3.05) is 17.7 Å². The average Bonchev–Trinajstić information content (AvgIpc) is 2.79. The van der Waals surface area contributed by atoms with Gasteiger partial charge in [-0.25, -0.2) is 4.98 Å². The van der Waals surface area contributed by atoms with Crippen molar-refractivity contribution >= 4 is 17.5 Å². The number of methoxy groups -OCH3 is 1. The normalized spacial score (nSPS) is 10.5. The molecule has 0 atom stereocenters. The molecular weight excluding hydrogens is 374 g/mol. The molecule has 0 aliphatic carbocycles. The first-order chi connectivity index (χ1) is 14.7. The largest absolute Gasteiger partial charge is 0.495 e. The summed E-state index contributed by atoms with van der Waals surface area (Å²) in [5.74, 6) is 1.95. The summed E-state index contributed by atoms with van der Waals surface area (Å²) in [6.45, 7) is 2.58.